The van der Waals surface area contributed by atoms with Crippen LogP contribution in [0.4, 0.5) is 0 Å². The fourth-order valence-corrected chi connectivity index (χ4v) is 13.6. The molecule has 11 aromatic carbocycles. The van der Waals surface area contributed by atoms with Crippen LogP contribution < -0.4 is 0 Å². The molecular formula is C76H50N8. The summed E-state index contributed by atoms with van der Waals surface area (Å²) >= 11 is 0. The molecule has 0 saturated heterocycles. The number of benzene rings is 11. The molecule has 394 valence electrons. The van der Waals surface area contributed by atoms with Crippen molar-refractivity contribution in [2.24, 2.45) is 0 Å². The number of fused-ring (bicyclic) bond motifs is 12. The molecule has 0 saturated carbocycles. The van der Waals surface area contributed by atoms with Gasteiger partial charge in [0.25, 0.3) is 0 Å². The van der Waals surface area contributed by atoms with E-state index in [1.807, 2.05) is 12.1 Å². The first kappa shape index (κ1) is 47.6. The summed E-state index contributed by atoms with van der Waals surface area (Å²) in [7, 11) is 0. The van der Waals surface area contributed by atoms with Gasteiger partial charge < -0.3 is 18.3 Å². The number of pyridine rings is 1. The Morgan fingerprint density at radius 3 is 0.833 bits per heavy atom. The fraction of sp³-hybridized carbons (Fsp3) is 0.0263. The van der Waals surface area contributed by atoms with Crippen LogP contribution in [0.1, 0.15) is 11.4 Å². The molecule has 0 aliphatic carbocycles. The van der Waals surface area contributed by atoms with E-state index >= 15 is 0 Å². The predicted molar refractivity (Wildman–Crippen MR) is 346 cm³/mol. The molecule has 0 radical (unpaired) electrons. The molecule has 0 N–H and O–H groups in total. The van der Waals surface area contributed by atoms with E-state index in [0.717, 1.165) is 149 Å². The lowest BCUT2D eigenvalue weighted by Gasteiger charge is -2.31. The molecule has 17 aromatic rings. The minimum atomic E-state index is 0.506. The van der Waals surface area contributed by atoms with Crippen LogP contribution in [0.5, 0.6) is 0 Å². The van der Waals surface area contributed by atoms with E-state index < -0.39 is 0 Å². The predicted octanol–water partition coefficient (Wildman–Crippen LogP) is 18.9. The van der Waals surface area contributed by atoms with Crippen molar-refractivity contribution < 1.29 is 0 Å². The summed E-state index contributed by atoms with van der Waals surface area (Å²) in [5.41, 5.74) is 18.3. The Labute approximate surface area is 483 Å². The molecule has 6 heterocycles. The van der Waals surface area contributed by atoms with E-state index in [9.17, 15) is 0 Å². The van der Waals surface area contributed by atoms with Crippen molar-refractivity contribution in [1.29, 1.82) is 0 Å². The van der Waals surface area contributed by atoms with Gasteiger partial charge in [-0.25, -0.2) is 15.0 Å². The second-order valence-corrected chi connectivity index (χ2v) is 21.7. The van der Waals surface area contributed by atoms with Gasteiger partial charge in [0.2, 0.25) is 0 Å². The largest absolute Gasteiger partial charge is 0.308 e. The molecule has 0 aliphatic rings. The molecule has 0 atom stereocenters. The molecule has 0 aliphatic heterocycles. The lowest BCUT2D eigenvalue weighted by molar-refractivity contribution is 1.02. The van der Waals surface area contributed by atoms with Crippen molar-refractivity contribution in [3.8, 4) is 68.0 Å². The Kier molecular flexibility index (Phi) is 10.6. The first-order valence-electron chi connectivity index (χ1n) is 28.6. The van der Waals surface area contributed by atoms with Gasteiger partial charge in [-0.2, -0.15) is 0 Å². The van der Waals surface area contributed by atoms with Crippen molar-refractivity contribution in [3.63, 3.8) is 0 Å². The van der Waals surface area contributed by atoms with E-state index in [1.165, 1.54) is 0 Å². The van der Waals surface area contributed by atoms with Gasteiger partial charge in [0.05, 0.1) is 72.4 Å². The van der Waals surface area contributed by atoms with Gasteiger partial charge in [0, 0.05) is 76.7 Å². The second kappa shape index (κ2) is 18.7. The third kappa shape index (κ3) is 7.01. The topological polar surface area (TPSA) is 71.3 Å². The van der Waals surface area contributed by atoms with Crippen molar-refractivity contribution in [1.82, 2.24) is 38.2 Å². The Morgan fingerprint density at radius 1 is 0.226 bits per heavy atom. The molecular weight excluding hydrogens is 1020 g/mol. The Morgan fingerprint density at radius 2 is 0.500 bits per heavy atom. The molecule has 0 spiro atoms. The third-order valence-corrected chi connectivity index (χ3v) is 17.0. The zero-order valence-corrected chi connectivity index (χ0v) is 46.0. The zero-order chi connectivity index (χ0) is 55.6. The normalized spacial score (nSPS) is 11.9. The summed E-state index contributed by atoms with van der Waals surface area (Å²) in [5.74, 6) is 1.62. The number of rotatable bonds is 8. The highest BCUT2D eigenvalue weighted by atomic mass is 15.1. The van der Waals surface area contributed by atoms with Crippen molar-refractivity contribution in [3.05, 3.63) is 278 Å². The van der Waals surface area contributed by atoms with Crippen molar-refractivity contribution in [2.75, 3.05) is 0 Å². The highest BCUT2D eigenvalue weighted by Crippen LogP contribution is 2.54. The second-order valence-electron chi connectivity index (χ2n) is 21.7. The van der Waals surface area contributed by atoms with Crippen LogP contribution in [0.2, 0.25) is 0 Å². The van der Waals surface area contributed by atoms with Gasteiger partial charge in [-0.3, -0.25) is 4.98 Å². The average Bonchev–Trinajstić information content (AvgIpc) is 1.57. The average molecular weight is 1080 g/mol. The fourth-order valence-electron chi connectivity index (χ4n) is 13.6. The summed E-state index contributed by atoms with van der Waals surface area (Å²) in [6.07, 6.45) is 0. The number of hydrogen-bond donors (Lipinski definition) is 0. The minimum absolute atomic E-state index is 0.506. The molecule has 0 amide bonds. The molecule has 8 nitrogen and oxygen atoms in total. The van der Waals surface area contributed by atoms with Crippen LogP contribution in [0, 0.1) is 13.8 Å². The van der Waals surface area contributed by atoms with E-state index in [2.05, 4.69) is 287 Å². The number of para-hydroxylation sites is 8. The van der Waals surface area contributed by atoms with Gasteiger partial charge in [0.1, 0.15) is 0 Å². The lowest BCUT2D eigenvalue weighted by atomic mass is 9.91. The van der Waals surface area contributed by atoms with Crippen LogP contribution in [0.25, 0.3) is 155 Å². The third-order valence-electron chi connectivity index (χ3n) is 17.0. The summed E-state index contributed by atoms with van der Waals surface area (Å²) in [5, 5.41) is 9.05. The molecule has 0 fully saturated rings. The highest BCUT2D eigenvalue weighted by Gasteiger charge is 2.37. The van der Waals surface area contributed by atoms with Crippen molar-refractivity contribution >= 4 is 87.2 Å². The van der Waals surface area contributed by atoms with Gasteiger partial charge in [-0.15, -0.1) is 0 Å². The first-order valence-corrected chi connectivity index (χ1v) is 28.6. The quantitative estimate of drug-likeness (QED) is 0.152. The van der Waals surface area contributed by atoms with Gasteiger partial charge in [-0.1, -0.05) is 212 Å². The van der Waals surface area contributed by atoms with E-state index in [0.29, 0.717) is 17.5 Å². The van der Waals surface area contributed by atoms with Gasteiger partial charge in [-0.05, 0) is 68.4 Å². The molecule has 84 heavy (non-hydrogen) atoms. The maximum Gasteiger partial charge on any atom is 0.168 e. The standard InChI is InChI=1S/C76H50N8/c1-47-45-46-51(48(2)77-47)68-70(81-60-37-17-9-29-52(60)53-30-10-18-38-61(53)81)69(76-79-74(49-25-5-3-6-26-49)78-75(80-76)50-27-7-4-8-28-50)72(83-64-41-21-13-33-56(64)57-34-14-22-42-65(57)83)73(84-66-43-23-15-35-58(66)59-36-16-24-44-67(59)84)71(68)82-62-39-19-11-31-54(62)55-32-12-20-40-63(55)82/h3-46H,1-2H3. The molecule has 0 bridgehead atoms. The summed E-state index contributed by atoms with van der Waals surface area (Å²) < 4.78 is 10.1. The number of hydrogen-bond acceptors (Lipinski definition) is 4. The monoisotopic (exact) mass is 1070 g/mol. The molecule has 6 aromatic heterocycles. The van der Waals surface area contributed by atoms with Crippen LogP contribution in [0.15, 0.2) is 267 Å². The highest BCUT2D eigenvalue weighted by molar-refractivity contribution is 6.18. The van der Waals surface area contributed by atoms with E-state index in [4.69, 9.17) is 19.9 Å². The Hall–Kier alpha value is -11.2. The van der Waals surface area contributed by atoms with E-state index in [-0.39, 0.29) is 0 Å². The summed E-state index contributed by atoms with van der Waals surface area (Å²) in [4.78, 5) is 22.6. The van der Waals surface area contributed by atoms with Crippen LogP contribution in [-0.2, 0) is 0 Å². The summed E-state index contributed by atoms with van der Waals surface area (Å²) in [6.45, 7) is 4.25. The Balaban J connectivity index is 1.27. The Bertz CT molecular complexity index is 5260. The minimum Gasteiger partial charge on any atom is -0.308 e. The van der Waals surface area contributed by atoms with Gasteiger partial charge in [0.15, 0.2) is 17.5 Å². The number of nitrogens with zero attached hydrogens (tertiary/aromatic N) is 8. The maximum atomic E-state index is 5.89. The van der Waals surface area contributed by atoms with Crippen LogP contribution >= 0.6 is 0 Å². The number of aromatic nitrogens is 8. The van der Waals surface area contributed by atoms with Gasteiger partial charge >= 0.3 is 0 Å². The SMILES string of the molecule is Cc1ccc(-c2c(-n3c4ccccc4c4ccccc43)c(-c3nc(-c4ccccc4)nc(-c4ccccc4)n3)c(-n3c4ccccc4c4ccccc43)c(-n3c4ccccc4c4ccccc43)c2-n2c3ccccc3c3ccccc32)c(C)n1. The lowest BCUT2D eigenvalue weighted by Crippen LogP contribution is -2.17. The first-order chi connectivity index (χ1) is 41.6. The van der Waals surface area contributed by atoms with E-state index in [1.54, 1.807) is 0 Å². The van der Waals surface area contributed by atoms with Crippen LogP contribution in [0.3, 0.4) is 0 Å². The zero-order valence-electron chi connectivity index (χ0n) is 46.0. The molecule has 8 heteroatoms. The van der Waals surface area contributed by atoms with Crippen LogP contribution in [-0.4, -0.2) is 38.2 Å². The molecule has 0 unspecified atom stereocenters. The summed E-state index contributed by atoms with van der Waals surface area (Å²) in [6, 6.07) is 96.0. The van der Waals surface area contributed by atoms with Crippen molar-refractivity contribution in [2.45, 2.75) is 13.8 Å². The smallest absolute Gasteiger partial charge is 0.168 e. The molecule has 17 rings (SSSR count). The number of aryl methyl sites for hydroxylation is 2. The maximum absolute atomic E-state index is 5.89.